The van der Waals surface area contributed by atoms with Gasteiger partial charge in [-0.3, -0.25) is 9.47 Å². The summed E-state index contributed by atoms with van der Waals surface area (Å²) in [6, 6.07) is 12.7. The summed E-state index contributed by atoms with van der Waals surface area (Å²) in [4.78, 5) is 18.1. The van der Waals surface area contributed by atoms with E-state index in [4.69, 9.17) is 9.88 Å². The summed E-state index contributed by atoms with van der Waals surface area (Å²) in [5.74, 6) is -1.06. The fourth-order valence-corrected chi connectivity index (χ4v) is 5.66. The molecule has 0 radical (unpaired) electrons. The van der Waals surface area contributed by atoms with E-state index in [-0.39, 0.29) is 10.6 Å². The van der Waals surface area contributed by atoms with Gasteiger partial charge in [-0.1, -0.05) is 24.3 Å². The van der Waals surface area contributed by atoms with Crippen molar-refractivity contribution in [2.45, 2.75) is 17.9 Å². The molecule has 3 N–H and O–H groups in total. The third kappa shape index (κ3) is 5.00. The number of nitrogens with two attached hydrogens (primary N) is 1. The number of ether oxygens (including phenoxy) is 1. The van der Waals surface area contributed by atoms with Gasteiger partial charge in [-0.2, -0.15) is 0 Å². The summed E-state index contributed by atoms with van der Waals surface area (Å²) in [6.45, 7) is 3.89. The number of sulfonamides is 1. The number of carboxylic acid groups (broad SMARTS) is 1. The summed E-state index contributed by atoms with van der Waals surface area (Å²) in [5, 5.41) is 17.8. The Morgan fingerprint density at radius 3 is 2.51 bits per heavy atom. The number of nitrogens with zero attached hydrogens (tertiary/aromatic N) is 3. The molecule has 1 fully saturated rings. The van der Waals surface area contributed by atoms with E-state index < -0.39 is 16.0 Å². The largest absolute Gasteiger partial charge is 0.476 e. The second-order valence-corrected chi connectivity index (χ2v) is 10.8. The molecule has 0 bridgehead atoms. The molecule has 9 nitrogen and oxygen atoms in total. The summed E-state index contributed by atoms with van der Waals surface area (Å²) in [7, 11) is -3.76. The lowest BCUT2D eigenvalue weighted by molar-refractivity contribution is 0.0343. The van der Waals surface area contributed by atoms with E-state index in [1.807, 2.05) is 22.9 Å². The highest BCUT2D eigenvalue weighted by Gasteiger charge is 2.19. The van der Waals surface area contributed by atoms with Gasteiger partial charge in [0.1, 0.15) is 0 Å². The van der Waals surface area contributed by atoms with Crippen LogP contribution in [0.4, 0.5) is 0 Å². The lowest BCUT2D eigenvalue weighted by atomic mass is 10.0. The van der Waals surface area contributed by atoms with E-state index in [0.717, 1.165) is 47.2 Å². The molecule has 2 aromatic carbocycles. The first kappa shape index (κ1) is 23.6. The smallest absolute Gasteiger partial charge is 0.355 e. The highest BCUT2D eigenvalue weighted by atomic mass is 32.2. The molecule has 11 heteroatoms. The van der Waals surface area contributed by atoms with Crippen LogP contribution in [0.2, 0.25) is 0 Å². The predicted molar refractivity (Wildman–Crippen MR) is 133 cm³/mol. The van der Waals surface area contributed by atoms with Crippen molar-refractivity contribution in [3.63, 3.8) is 0 Å². The zero-order valence-corrected chi connectivity index (χ0v) is 20.4. The zero-order chi connectivity index (χ0) is 24.6. The van der Waals surface area contributed by atoms with Gasteiger partial charge in [-0.05, 0) is 41.3 Å². The third-order valence-electron chi connectivity index (χ3n) is 6.06. The van der Waals surface area contributed by atoms with Gasteiger partial charge in [0.2, 0.25) is 10.0 Å². The summed E-state index contributed by atoms with van der Waals surface area (Å²) >= 11 is 1.28. The normalized spacial score (nSPS) is 15.0. The number of fused-ring (bicyclic) bond motifs is 1. The van der Waals surface area contributed by atoms with Gasteiger partial charge < -0.3 is 9.84 Å². The fourth-order valence-electron chi connectivity index (χ4n) is 4.36. The first-order valence-electron chi connectivity index (χ1n) is 11.0. The van der Waals surface area contributed by atoms with Crippen LogP contribution in [0.1, 0.15) is 27.2 Å². The molecular formula is C24H24N4O5S2. The summed E-state index contributed by atoms with van der Waals surface area (Å²) < 4.78 is 30.7. The van der Waals surface area contributed by atoms with Crippen LogP contribution in [0.15, 0.2) is 58.9 Å². The van der Waals surface area contributed by atoms with Gasteiger partial charge in [0.15, 0.2) is 10.8 Å². The number of carboxylic acids is 1. The Balaban J connectivity index is 1.59. The van der Waals surface area contributed by atoms with E-state index in [0.29, 0.717) is 24.8 Å². The topological polar surface area (TPSA) is 128 Å². The summed E-state index contributed by atoms with van der Waals surface area (Å²) in [6.07, 6.45) is 2.55. The number of hydrogen-bond acceptors (Lipinski definition) is 7. The minimum atomic E-state index is -3.76. The van der Waals surface area contributed by atoms with Crippen molar-refractivity contribution in [1.82, 2.24) is 14.5 Å². The van der Waals surface area contributed by atoms with Crippen LogP contribution >= 0.6 is 11.3 Å². The van der Waals surface area contributed by atoms with Crippen molar-refractivity contribution in [3.8, 4) is 5.13 Å². The average molecular weight is 513 g/mol. The average Bonchev–Trinajstić information content (AvgIpc) is 3.46. The van der Waals surface area contributed by atoms with E-state index in [9.17, 15) is 18.3 Å². The van der Waals surface area contributed by atoms with E-state index in [2.05, 4.69) is 16.0 Å². The number of thiazole rings is 1. The number of aromatic carboxylic acids is 1. The maximum atomic E-state index is 11.6. The molecular weight excluding hydrogens is 488 g/mol. The molecule has 4 aromatic rings. The van der Waals surface area contributed by atoms with Crippen LogP contribution in [0.5, 0.6) is 0 Å². The molecule has 1 aliphatic rings. The predicted octanol–water partition coefficient (Wildman–Crippen LogP) is 2.86. The molecule has 5 rings (SSSR count). The maximum absolute atomic E-state index is 11.6. The Bertz CT molecular complexity index is 1490. The number of morpholine rings is 1. The molecule has 1 aliphatic heterocycles. The highest BCUT2D eigenvalue weighted by Crippen LogP contribution is 2.32. The highest BCUT2D eigenvalue weighted by molar-refractivity contribution is 7.89. The van der Waals surface area contributed by atoms with E-state index >= 15 is 0 Å². The SMILES string of the molecule is NS(=O)(=O)c1ccc(Cc2cn(-c3nc(C(=O)O)cs3)c3cccc(CN4CCOCC4)c23)cc1. The summed E-state index contributed by atoms with van der Waals surface area (Å²) in [5.41, 5.74) is 4.09. The van der Waals surface area contributed by atoms with Crippen molar-refractivity contribution in [3.05, 3.63) is 76.4 Å². The Labute approximate surface area is 206 Å². The molecule has 0 aliphatic carbocycles. The monoisotopic (exact) mass is 512 g/mol. The number of primary sulfonamides is 1. The molecule has 0 atom stereocenters. The van der Waals surface area contributed by atoms with Crippen LogP contribution in [0.25, 0.3) is 16.0 Å². The van der Waals surface area contributed by atoms with Gasteiger partial charge >= 0.3 is 5.97 Å². The fraction of sp³-hybridized carbons (Fsp3) is 0.250. The number of rotatable bonds is 7. The zero-order valence-electron chi connectivity index (χ0n) is 18.8. The number of benzene rings is 2. The standard InChI is InChI=1S/C24H24N4O5S2/c25-35(31,32)19-6-4-16(5-7-19)12-18-14-28(24-26-20(15-34-24)23(29)30)21-3-1-2-17(22(18)21)13-27-8-10-33-11-9-27/h1-7,14-15H,8-13H2,(H,29,30)(H2,25,31,32). The Kier molecular flexibility index (Phi) is 6.43. The molecule has 182 valence electrons. The molecule has 1 saturated heterocycles. The van der Waals surface area contributed by atoms with Gasteiger partial charge in [-0.25, -0.2) is 23.3 Å². The first-order chi connectivity index (χ1) is 16.8. The van der Waals surface area contributed by atoms with Gasteiger partial charge in [-0.15, -0.1) is 11.3 Å². The maximum Gasteiger partial charge on any atom is 0.355 e. The van der Waals surface area contributed by atoms with Crippen LogP contribution in [-0.2, 0) is 27.7 Å². The molecule has 0 spiro atoms. The minimum absolute atomic E-state index is 0.0106. The molecule has 0 saturated carbocycles. The van der Waals surface area contributed by atoms with Crippen molar-refractivity contribution >= 4 is 38.2 Å². The van der Waals surface area contributed by atoms with Crippen molar-refractivity contribution in [1.29, 1.82) is 0 Å². The molecule has 0 amide bonds. The minimum Gasteiger partial charge on any atom is -0.476 e. The number of carbonyl (C=O) groups is 1. The van der Waals surface area contributed by atoms with Crippen LogP contribution in [0, 0.1) is 0 Å². The first-order valence-corrected chi connectivity index (χ1v) is 13.4. The number of aromatic nitrogens is 2. The molecule has 2 aromatic heterocycles. The lowest BCUT2D eigenvalue weighted by Gasteiger charge is -2.27. The molecule has 3 heterocycles. The third-order valence-corrected chi connectivity index (χ3v) is 7.82. The Hall–Kier alpha value is -3.09. The van der Waals surface area contributed by atoms with Crippen molar-refractivity contribution < 1.29 is 23.1 Å². The van der Waals surface area contributed by atoms with Crippen molar-refractivity contribution in [2.75, 3.05) is 26.3 Å². The molecule has 35 heavy (non-hydrogen) atoms. The second-order valence-electron chi connectivity index (χ2n) is 8.41. The molecule has 0 unspecified atom stereocenters. The van der Waals surface area contributed by atoms with E-state index in [1.54, 1.807) is 12.1 Å². The van der Waals surface area contributed by atoms with E-state index in [1.165, 1.54) is 28.8 Å². The Morgan fingerprint density at radius 1 is 1.11 bits per heavy atom. The Morgan fingerprint density at radius 2 is 1.86 bits per heavy atom. The number of hydrogen-bond donors (Lipinski definition) is 2. The van der Waals surface area contributed by atoms with Crippen molar-refractivity contribution in [2.24, 2.45) is 5.14 Å². The van der Waals surface area contributed by atoms with Crippen LogP contribution in [-0.4, -0.2) is 60.2 Å². The van der Waals surface area contributed by atoms with Gasteiger partial charge in [0.05, 0.1) is 23.6 Å². The van der Waals surface area contributed by atoms with Crippen LogP contribution in [0.3, 0.4) is 0 Å². The van der Waals surface area contributed by atoms with Gasteiger partial charge in [0.25, 0.3) is 0 Å². The van der Waals surface area contributed by atoms with Gasteiger partial charge in [0, 0.05) is 36.6 Å². The lowest BCUT2D eigenvalue weighted by Crippen LogP contribution is -2.35. The van der Waals surface area contributed by atoms with Crippen LogP contribution < -0.4 is 5.14 Å². The second kappa shape index (κ2) is 9.51. The quantitative estimate of drug-likeness (QED) is 0.390.